The summed E-state index contributed by atoms with van der Waals surface area (Å²) in [6, 6.07) is 9.97. The Balaban J connectivity index is 2.31. The van der Waals surface area contributed by atoms with Crippen LogP contribution in [0, 0.1) is 5.82 Å². The summed E-state index contributed by atoms with van der Waals surface area (Å²) in [4.78, 5) is 0. The molecule has 2 aromatic carbocycles. The van der Waals surface area contributed by atoms with E-state index in [2.05, 4.69) is 21.2 Å². The molecule has 0 aliphatic carbocycles. The zero-order valence-electron chi connectivity index (χ0n) is 8.68. The summed E-state index contributed by atoms with van der Waals surface area (Å²) in [6.07, 6.45) is 0. The highest BCUT2D eigenvalue weighted by molar-refractivity contribution is 9.10. The average molecular weight is 316 g/mol. The Labute approximate surface area is 112 Å². The third-order valence-electron chi connectivity index (χ3n) is 2.25. The first-order chi connectivity index (χ1) is 8.08. The summed E-state index contributed by atoms with van der Waals surface area (Å²) < 4.78 is 14.0. The van der Waals surface area contributed by atoms with Gasteiger partial charge in [-0.1, -0.05) is 17.7 Å². The summed E-state index contributed by atoms with van der Waals surface area (Å²) in [5.41, 5.74) is 6.97. The highest BCUT2D eigenvalue weighted by Gasteiger charge is 2.05. The van der Waals surface area contributed by atoms with Gasteiger partial charge in [-0.25, -0.2) is 4.39 Å². The fraction of sp³-hybridized carbons (Fsp3) is 0. The van der Waals surface area contributed by atoms with Crippen LogP contribution in [-0.4, -0.2) is 0 Å². The van der Waals surface area contributed by atoms with E-state index in [1.807, 2.05) is 6.07 Å². The average Bonchev–Trinajstić information content (AvgIpc) is 2.30. The van der Waals surface area contributed by atoms with Crippen molar-refractivity contribution in [2.24, 2.45) is 0 Å². The Morgan fingerprint density at radius 2 is 2.00 bits per heavy atom. The summed E-state index contributed by atoms with van der Waals surface area (Å²) >= 11 is 9.26. The van der Waals surface area contributed by atoms with Gasteiger partial charge < -0.3 is 11.1 Å². The number of anilines is 3. The number of hydrogen-bond acceptors (Lipinski definition) is 2. The number of halogens is 3. The topological polar surface area (TPSA) is 38.0 Å². The Hall–Kier alpha value is -1.26. The van der Waals surface area contributed by atoms with E-state index in [9.17, 15) is 4.39 Å². The molecule has 0 heterocycles. The normalized spacial score (nSPS) is 10.3. The van der Waals surface area contributed by atoms with Crippen LogP contribution in [0.3, 0.4) is 0 Å². The minimum Gasteiger partial charge on any atom is -0.395 e. The zero-order chi connectivity index (χ0) is 12.4. The quantitative estimate of drug-likeness (QED) is 0.797. The fourth-order valence-electron chi connectivity index (χ4n) is 1.38. The molecule has 0 saturated carbocycles. The smallest absolute Gasteiger partial charge is 0.148 e. The van der Waals surface area contributed by atoms with Crippen LogP contribution >= 0.6 is 27.5 Å². The maximum atomic E-state index is 13.2. The molecule has 0 aliphatic rings. The highest BCUT2D eigenvalue weighted by atomic mass is 79.9. The van der Waals surface area contributed by atoms with Gasteiger partial charge in [-0.05, 0) is 46.3 Å². The maximum Gasteiger partial charge on any atom is 0.148 e. The van der Waals surface area contributed by atoms with Crippen LogP contribution < -0.4 is 11.1 Å². The number of nitrogens with one attached hydrogen (secondary N) is 1. The minimum atomic E-state index is -0.446. The van der Waals surface area contributed by atoms with Crippen molar-refractivity contribution < 1.29 is 4.39 Å². The van der Waals surface area contributed by atoms with E-state index < -0.39 is 5.82 Å². The molecule has 0 aromatic heterocycles. The molecule has 0 radical (unpaired) electrons. The number of nitrogens with two attached hydrogens (primary N) is 1. The Morgan fingerprint density at radius 3 is 2.71 bits per heavy atom. The molecule has 0 aliphatic heterocycles. The molecule has 5 heteroatoms. The van der Waals surface area contributed by atoms with Gasteiger partial charge in [0.1, 0.15) is 5.82 Å². The van der Waals surface area contributed by atoms with Crippen LogP contribution in [0.4, 0.5) is 21.5 Å². The van der Waals surface area contributed by atoms with Crippen LogP contribution in [0.5, 0.6) is 0 Å². The molecule has 3 N–H and O–H groups in total. The molecule has 88 valence electrons. The summed E-state index contributed by atoms with van der Waals surface area (Å²) in [7, 11) is 0. The van der Waals surface area contributed by atoms with Crippen LogP contribution in [0.25, 0.3) is 0 Å². The Morgan fingerprint density at radius 1 is 1.24 bits per heavy atom. The number of benzene rings is 2. The molecule has 2 rings (SSSR count). The van der Waals surface area contributed by atoms with E-state index in [0.29, 0.717) is 10.7 Å². The van der Waals surface area contributed by atoms with Crippen molar-refractivity contribution >= 4 is 44.6 Å². The molecule has 2 nitrogen and oxygen atoms in total. The first kappa shape index (κ1) is 12.2. The van der Waals surface area contributed by atoms with Gasteiger partial charge in [0.2, 0.25) is 0 Å². The first-order valence-corrected chi connectivity index (χ1v) is 6.01. The number of hydrogen-bond donors (Lipinski definition) is 2. The largest absolute Gasteiger partial charge is 0.395 e. The summed E-state index contributed by atoms with van der Waals surface area (Å²) in [5.74, 6) is -0.446. The molecule has 0 amide bonds. The van der Waals surface area contributed by atoms with Crippen molar-refractivity contribution in [2.45, 2.75) is 0 Å². The highest BCUT2D eigenvalue weighted by Crippen LogP contribution is 2.29. The second kappa shape index (κ2) is 4.94. The van der Waals surface area contributed by atoms with E-state index in [-0.39, 0.29) is 5.69 Å². The molecule has 0 spiro atoms. The second-order valence-electron chi connectivity index (χ2n) is 3.45. The lowest BCUT2D eigenvalue weighted by atomic mass is 10.2. The third-order valence-corrected chi connectivity index (χ3v) is 3.48. The molecule has 0 atom stereocenters. The van der Waals surface area contributed by atoms with Crippen molar-refractivity contribution in [3.8, 4) is 0 Å². The molecule has 0 fully saturated rings. The van der Waals surface area contributed by atoms with Crippen molar-refractivity contribution in [1.82, 2.24) is 0 Å². The maximum absolute atomic E-state index is 13.2. The molecule has 0 unspecified atom stereocenters. The van der Waals surface area contributed by atoms with Gasteiger partial charge in [0.05, 0.1) is 16.4 Å². The number of rotatable bonds is 2. The molecule has 2 aromatic rings. The van der Waals surface area contributed by atoms with Gasteiger partial charge in [-0.2, -0.15) is 0 Å². The van der Waals surface area contributed by atoms with Gasteiger partial charge in [0.15, 0.2) is 0 Å². The predicted molar refractivity (Wildman–Crippen MR) is 73.2 cm³/mol. The van der Waals surface area contributed by atoms with E-state index in [1.54, 1.807) is 24.3 Å². The van der Waals surface area contributed by atoms with Crippen LogP contribution in [0.2, 0.25) is 5.02 Å². The first-order valence-electron chi connectivity index (χ1n) is 4.84. The predicted octanol–water partition coefficient (Wildman–Crippen LogP) is 4.57. The van der Waals surface area contributed by atoms with Crippen molar-refractivity contribution in [3.05, 3.63) is 51.7 Å². The summed E-state index contributed by atoms with van der Waals surface area (Å²) in [6.45, 7) is 0. The van der Waals surface area contributed by atoms with Gasteiger partial charge in [-0.3, -0.25) is 0 Å². The van der Waals surface area contributed by atoms with Gasteiger partial charge in [-0.15, -0.1) is 0 Å². The lowest BCUT2D eigenvalue weighted by Gasteiger charge is -2.10. The molecule has 0 saturated heterocycles. The monoisotopic (exact) mass is 314 g/mol. The van der Waals surface area contributed by atoms with Crippen LogP contribution in [0.15, 0.2) is 40.9 Å². The second-order valence-corrected chi connectivity index (χ2v) is 4.72. The molecule has 0 bridgehead atoms. The zero-order valence-corrected chi connectivity index (χ0v) is 11.0. The van der Waals surface area contributed by atoms with Crippen LogP contribution in [-0.2, 0) is 0 Å². The fourth-order valence-corrected chi connectivity index (χ4v) is 1.80. The van der Waals surface area contributed by atoms with Gasteiger partial charge >= 0.3 is 0 Å². The van der Waals surface area contributed by atoms with E-state index in [0.717, 1.165) is 10.2 Å². The molecular formula is C12H9BrClFN2. The molecule has 17 heavy (non-hydrogen) atoms. The van der Waals surface area contributed by atoms with Crippen molar-refractivity contribution in [1.29, 1.82) is 0 Å². The summed E-state index contributed by atoms with van der Waals surface area (Å²) in [5, 5.41) is 3.58. The van der Waals surface area contributed by atoms with Crippen LogP contribution in [0.1, 0.15) is 0 Å². The number of nitrogen functional groups attached to an aromatic ring is 1. The lowest BCUT2D eigenvalue weighted by Crippen LogP contribution is -1.98. The lowest BCUT2D eigenvalue weighted by molar-refractivity contribution is 0.633. The third kappa shape index (κ3) is 2.70. The standard InChI is InChI=1S/C12H9BrClFN2/c13-8-5-4-7(6-9(8)14)17-11-3-1-2-10(15)12(11)16/h1-6,17H,16H2. The van der Waals surface area contributed by atoms with Crippen molar-refractivity contribution in [2.75, 3.05) is 11.1 Å². The van der Waals surface area contributed by atoms with E-state index >= 15 is 0 Å². The van der Waals surface area contributed by atoms with Gasteiger partial charge in [0, 0.05) is 10.2 Å². The van der Waals surface area contributed by atoms with Gasteiger partial charge in [0.25, 0.3) is 0 Å². The SMILES string of the molecule is Nc1c(F)cccc1Nc1ccc(Br)c(Cl)c1. The molecular weight excluding hydrogens is 307 g/mol. The number of para-hydroxylation sites is 1. The van der Waals surface area contributed by atoms with E-state index in [1.165, 1.54) is 6.07 Å². The van der Waals surface area contributed by atoms with E-state index in [4.69, 9.17) is 17.3 Å². The Bertz CT molecular complexity index is 560. The van der Waals surface area contributed by atoms with Crippen molar-refractivity contribution in [3.63, 3.8) is 0 Å². The Kier molecular flexibility index (Phi) is 3.54. The minimum absolute atomic E-state index is 0.0894.